The molecule has 10 heavy (non-hydrogen) atoms. The van der Waals surface area contributed by atoms with Crippen molar-refractivity contribution in [1.82, 2.24) is 0 Å². The van der Waals surface area contributed by atoms with Gasteiger partial charge in [-0.2, -0.15) is 0 Å². The summed E-state index contributed by atoms with van der Waals surface area (Å²) in [6, 6.07) is 0. The van der Waals surface area contributed by atoms with Crippen LogP contribution in [0.25, 0.3) is 0 Å². The van der Waals surface area contributed by atoms with Crippen LogP contribution in [0.2, 0.25) is 11.6 Å². The summed E-state index contributed by atoms with van der Waals surface area (Å²) in [5, 5.41) is -0.171. The van der Waals surface area contributed by atoms with Crippen molar-refractivity contribution in [3.05, 3.63) is 0 Å². The number of hydrogen-bond donors (Lipinski definition) is 0. The topological polar surface area (TPSA) is 26.3 Å². The highest BCUT2D eigenvalue weighted by Gasteiger charge is 2.26. The normalized spacial score (nSPS) is 12.4. The number of carbonyl (C=O) groups is 1. The highest BCUT2D eigenvalue weighted by molar-refractivity contribution is 6.44. The Kier molecular flexibility index (Phi) is 3.64. The third kappa shape index (κ3) is 2.52. The molecule has 0 N–H and O–H groups in total. The van der Waals surface area contributed by atoms with Gasteiger partial charge in [0.05, 0.1) is 6.61 Å². The largest absolute Gasteiger partial charge is 0.466 e. The van der Waals surface area contributed by atoms with E-state index in [0.717, 1.165) is 0 Å². The molecule has 0 bridgehead atoms. The van der Waals surface area contributed by atoms with Gasteiger partial charge in [0.25, 0.3) is 0 Å². The number of esters is 1. The quantitative estimate of drug-likeness (QED) is 0.454. The fraction of sp³-hybridized carbons (Fsp3) is 0.857. The molecular weight excluding hydrogens is 144 g/mol. The first-order valence-corrected chi connectivity index (χ1v) is 5.84. The van der Waals surface area contributed by atoms with Crippen molar-refractivity contribution >= 4 is 15.5 Å². The van der Waals surface area contributed by atoms with Crippen molar-refractivity contribution < 1.29 is 9.53 Å². The van der Waals surface area contributed by atoms with E-state index in [1.165, 1.54) is 0 Å². The van der Waals surface area contributed by atoms with Gasteiger partial charge in [0, 0.05) is 14.6 Å². The molecule has 0 aromatic carbocycles. The fourth-order valence-electron chi connectivity index (χ4n) is 0.471. The van der Waals surface area contributed by atoms with Gasteiger partial charge in [-0.1, -0.05) is 20.4 Å². The van der Waals surface area contributed by atoms with Crippen molar-refractivity contribution in [2.45, 2.75) is 32.4 Å². The van der Waals surface area contributed by atoms with Crippen LogP contribution in [-0.2, 0) is 9.53 Å². The van der Waals surface area contributed by atoms with Crippen molar-refractivity contribution in [2.75, 3.05) is 6.61 Å². The second kappa shape index (κ2) is 3.76. The lowest BCUT2D eigenvalue weighted by Crippen LogP contribution is -2.24. The van der Waals surface area contributed by atoms with Gasteiger partial charge in [-0.15, -0.1) is 0 Å². The lowest BCUT2D eigenvalue weighted by Gasteiger charge is -2.18. The van der Waals surface area contributed by atoms with Gasteiger partial charge < -0.3 is 4.74 Å². The Hall–Kier alpha value is -0.313. The summed E-state index contributed by atoms with van der Waals surface area (Å²) >= 11 is 0. The first-order valence-electron chi connectivity index (χ1n) is 3.71. The zero-order valence-corrected chi connectivity index (χ0v) is 8.64. The number of hydrogen-bond acceptors (Lipinski definition) is 2. The molecule has 60 valence electrons. The maximum atomic E-state index is 11.1. The minimum Gasteiger partial charge on any atom is -0.466 e. The van der Waals surface area contributed by atoms with Crippen LogP contribution in [0.15, 0.2) is 0 Å². The molecule has 3 heteroatoms. The highest BCUT2D eigenvalue weighted by atomic mass is 28.2. The molecule has 0 spiro atoms. The van der Waals surface area contributed by atoms with E-state index in [4.69, 9.17) is 4.74 Å². The minimum absolute atomic E-state index is 0.0378. The zero-order valence-electron chi connectivity index (χ0n) is 7.23. The molecule has 2 nitrogen and oxygen atoms in total. The monoisotopic (exact) mass is 160 g/mol. The molecule has 0 aliphatic rings. The third-order valence-corrected chi connectivity index (χ3v) is 3.77. The van der Waals surface area contributed by atoms with Gasteiger partial charge >= 0.3 is 5.97 Å². The van der Waals surface area contributed by atoms with Crippen LogP contribution < -0.4 is 0 Å². The molecule has 0 atom stereocenters. The lowest BCUT2D eigenvalue weighted by atomic mass is 10.2. The van der Waals surface area contributed by atoms with Crippen molar-refractivity contribution in [2.24, 2.45) is 0 Å². The van der Waals surface area contributed by atoms with E-state index in [9.17, 15) is 4.79 Å². The van der Waals surface area contributed by atoms with E-state index in [-0.39, 0.29) is 20.5 Å². The Bertz CT molecular complexity index is 121. The summed E-state index contributed by atoms with van der Waals surface area (Å²) in [4.78, 5) is 11.1. The molecule has 0 unspecified atom stereocenters. The smallest absolute Gasteiger partial charge is 0.307 e. The Labute approximate surface area is 64.8 Å². The maximum absolute atomic E-state index is 11.1. The van der Waals surface area contributed by atoms with E-state index >= 15 is 0 Å². The molecule has 0 radical (unpaired) electrons. The molecule has 0 heterocycles. The summed E-state index contributed by atoms with van der Waals surface area (Å²) in [5.74, 6) is -0.0378. The zero-order chi connectivity index (χ0) is 8.20. The molecule has 0 saturated carbocycles. The van der Waals surface area contributed by atoms with Crippen molar-refractivity contribution in [3.8, 4) is 0 Å². The molecule has 0 rings (SSSR count). The number of rotatable bonds is 3. The van der Waals surface area contributed by atoms with Gasteiger partial charge in [-0.3, -0.25) is 4.79 Å². The number of ether oxygens (including phenoxy) is 1. The number of carbonyl (C=O) groups excluding carboxylic acids is 1. The summed E-state index contributed by atoms with van der Waals surface area (Å²) in [5.41, 5.74) is 0. The van der Waals surface area contributed by atoms with Crippen LogP contribution in [0.3, 0.4) is 0 Å². The second-order valence-corrected chi connectivity index (χ2v) is 5.43. The van der Waals surface area contributed by atoms with Gasteiger partial charge in [0.1, 0.15) is 0 Å². The average Bonchev–Trinajstić information content (AvgIpc) is 1.89. The molecule has 0 aromatic heterocycles. The maximum Gasteiger partial charge on any atom is 0.307 e. The minimum atomic E-state index is -0.300. The van der Waals surface area contributed by atoms with Crippen LogP contribution in [0.4, 0.5) is 0 Å². The molecule has 0 amide bonds. The van der Waals surface area contributed by atoms with Crippen LogP contribution in [0.1, 0.15) is 20.8 Å². The average molecular weight is 160 g/mol. The summed E-state index contributed by atoms with van der Waals surface area (Å²) in [6.45, 7) is 8.37. The highest BCUT2D eigenvalue weighted by Crippen LogP contribution is 2.23. The Morgan fingerprint density at radius 2 is 2.10 bits per heavy atom. The fourth-order valence-corrected chi connectivity index (χ4v) is 0.862. The molecule has 0 saturated heterocycles. The Morgan fingerprint density at radius 1 is 1.60 bits per heavy atom. The summed E-state index contributed by atoms with van der Waals surface area (Å²) < 4.78 is 4.89. The first kappa shape index (κ1) is 9.69. The van der Waals surface area contributed by atoms with E-state index in [2.05, 4.69) is 6.55 Å². The van der Waals surface area contributed by atoms with Gasteiger partial charge in [0.2, 0.25) is 0 Å². The summed E-state index contributed by atoms with van der Waals surface area (Å²) in [7, 11) is -0.300. The van der Waals surface area contributed by atoms with Crippen LogP contribution >= 0.6 is 0 Å². The van der Waals surface area contributed by atoms with E-state index < -0.39 is 0 Å². The first-order chi connectivity index (χ1) is 4.54. The standard InChI is InChI=1S/C7H16O2Si/c1-5-9-6(8)7(2,3)10-4/h5,10H2,1-4H3. The Morgan fingerprint density at radius 3 is 2.40 bits per heavy atom. The lowest BCUT2D eigenvalue weighted by molar-refractivity contribution is -0.145. The summed E-state index contributed by atoms with van der Waals surface area (Å²) in [6.07, 6.45) is 0. The van der Waals surface area contributed by atoms with E-state index in [1.807, 2.05) is 20.8 Å². The second-order valence-electron chi connectivity index (χ2n) is 2.96. The van der Waals surface area contributed by atoms with Crippen LogP contribution in [-0.4, -0.2) is 22.1 Å². The van der Waals surface area contributed by atoms with Crippen molar-refractivity contribution in [3.63, 3.8) is 0 Å². The SMILES string of the molecule is CCOC(=O)C(C)(C)[SiH2]C. The van der Waals surface area contributed by atoms with Gasteiger partial charge in [-0.05, 0) is 6.92 Å². The van der Waals surface area contributed by atoms with Crippen LogP contribution in [0.5, 0.6) is 0 Å². The predicted octanol–water partition coefficient (Wildman–Crippen LogP) is 0.965. The van der Waals surface area contributed by atoms with Gasteiger partial charge in [0.15, 0.2) is 0 Å². The molecule has 0 aromatic rings. The van der Waals surface area contributed by atoms with E-state index in [1.54, 1.807) is 0 Å². The van der Waals surface area contributed by atoms with Crippen molar-refractivity contribution in [1.29, 1.82) is 0 Å². The third-order valence-electron chi connectivity index (χ3n) is 1.71. The molecule has 0 aliphatic carbocycles. The molecule has 0 aliphatic heterocycles. The Balaban J connectivity index is 3.91. The molecule has 0 fully saturated rings. The molecular formula is C7H16O2Si. The van der Waals surface area contributed by atoms with E-state index in [0.29, 0.717) is 6.61 Å². The van der Waals surface area contributed by atoms with Crippen LogP contribution in [0, 0.1) is 0 Å². The predicted molar refractivity (Wildman–Crippen MR) is 45.1 cm³/mol. The van der Waals surface area contributed by atoms with Gasteiger partial charge in [-0.25, -0.2) is 0 Å².